The molecule has 0 aliphatic rings. The summed E-state index contributed by atoms with van der Waals surface area (Å²) in [5.74, 6) is 1.77. The lowest BCUT2D eigenvalue weighted by Crippen LogP contribution is -2.28. The fraction of sp³-hybridized carbons (Fsp3) is 0.0526. The third kappa shape index (κ3) is 4.87. The monoisotopic (exact) mass is 304 g/mol. The van der Waals surface area contributed by atoms with Crippen LogP contribution in [0.4, 0.5) is 5.69 Å². The van der Waals surface area contributed by atoms with Gasteiger partial charge in [0.15, 0.2) is 0 Å². The Morgan fingerprint density at radius 1 is 1.09 bits per heavy atom. The highest BCUT2D eigenvalue weighted by atomic mass is 16.2. The van der Waals surface area contributed by atoms with Crippen LogP contribution >= 0.6 is 0 Å². The molecule has 0 aliphatic carbocycles. The van der Waals surface area contributed by atoms with Gasteiger partial charge in [-0.1, -0.05) is 42.3 Å². The summed E-state index contributed by atoms with van der Waals surface area (Å²) in [5, 5.41) is 5.27. The van der Waals surface area contributed by atoms with Crippen molar-refractivity contribution >= 4 is 23.6 Å². The molecule has 0 saturated heterocycles. The fourth-order valence-corrected chi connectivity index (χ4v) is 1.95. The topological polar surface area (TPSA) is 58.2 Å². The molecule has 0 spiro atoms. The van der Waals surface area contributed by atoms with Gasteiger partial charge in [0.05, 0.1) is 0 Å². The third-order valence-electron chi connectivity index (χ3n) is 2.95. The van der Waals surface area contributed by atoms with Crippen molar-refractivity contribution in [3.05, 3.63) is 71.4 Å². The molecule has 2 rings (SSSR count). The lowest BCUT2D eigenvalue weighted by molar-refractivity contribution is -0.120. The van der Waals surface area contributed by atoms with Crippen molar-refractivity contribution in [1.82, 2.24) is 5.32 Å². The second kappa shape index (κ2) is 7.62. The van der Waals surface area contributed by atoms with E-state index in [0.717, 1.165) is 5.56 Å². The number of rotatable bonds is 4. The van der Waals surface area contributed by atoms with Crippen LogP contribution in [-0.4, -0.2) is 11.8 Å². The van der Waals surface area contributed by atoms with E-state index in [2.05, 4.69) is 16.6 Å². The van der Waals surface area contributed by atoms with E-state index in [1.165, 1.54) is 6.92 Å². The van der Waals surface area contributed by atoms with Gasteiger partial charge in [-0.05, 0) is 29.8 Å². The first-order valence-corrected chi connectivity index (χ1v) is 7.01. The van der Waals surface area contributed by atoms with Crippen LogP contribution in [0.3, 0.4) is 0 Å². The standard InChI is InChI=1S/C19H16N2O2/c1-3-15-10-7-11-17(12-15)21-19(23)18(20-14(2)22)13-16-8-5-4-6-9-16/h1,4-13H,2H3,(H,20,22)(H,21,23)/b18-13-. The lowest BCUT2D eigenvalue weighted by atomic mass is 10.1. The number of amides is 2. The number of nitrogens with one attached hydrogen (secondary N) is 2. The quantitative estimate of drug-likeness (QED) is 0.674. The van der Waals surface area contributed by atoms with Crippen molar-refractivity contribution in [1.29, 1.82) is 0 Å². The summed E-state index contributed by atoms with van der Waals surface area (Å²) in [5.41, 5.74) is 2.20. The Morgan fingerprint density at radius 2 is 1.83 bits per heavy atom. The summed E-state index contributed by atoms with van der Waals surface area (Å²) in [6, 6.07) is 16.2. The molecule has 114 valence electrons. The Kier molecular flexibility index (Phi) is 5.32. The normalized spacial score (nSPS) is 10.5. The lowest BCUT2D eigenvalue weighted by Gasteiger charge is -2.10. The molecule has 0 radical (unpaired) electrons. The molecular weight excluding hydrogens is 288 g/mol. The van der Waals surface area contributed by atoms with Gasteiger partial charge in [-0.25, -0.2) is 0 Å². The summed E-state index contributed by atoms with van der Waals surface area (Å²) >= 11 is 0. The number of hydrogen-bond acceptors (Lipinski definition) is 2. The minimum Gasteiger partial charge on any atom is -0.322 e. The maximum atomic E-state index is 12.4. The molecule has 0 bridgehead atoms. The van der Waals surface area contributed by atoms with Crippen LogP contribution in [0, 0.1) is 12.3 Å². The SMILES string of the molecule is C#Cc1cccc(NC(=O)/C(=C/c2ccccc2)NC(C)=O)c1. The maximum absolute atomic E-state index is 12.4. The van der Waals surface area contributed by atoms with Gasteiger partial charge in [-0.15, -0.1) is 6.42 Å². The number of carbonyl (C=O) groups excluding carboxylic acids is 2. The molecule has 0 aliphatic heterocycles. The number of hydrogen-bond donors (Lipinski definition) is 2. The van der Waals surface area contributed by atoms with Gasteiger partial charge < -0.3 is 10.6 Å². The highest BCUT2D eigenvalue weighted by molar-refractivity contribution is 6.08. The molecular formula is C19H16N2O2. The zero-order valence-corrected chi connectivity index (χ0v) is 12.7. The fourth-order valence-electron chi connectivity index (χ4n) is 1.95. The van der Waals surface area contributed by atoms with Crippen molar-refractivity contribution in [3.63, 3.8) is 0 Å². The van der Waals surface area contributed by atoms with Crippen molar-refractivity contribution < 1.29 is 9.59 Å². The molecule has 2 aromatic carbocycles. The van der Waals surface area contributed by atoms with Crippen LogP contribution in [-0.2, 0) is 9.59 Å². The van der Waals surface area contributed by atoms with Gasteiger partial charge >= 0.3 is 0 Å². The summed E-state index contributed by atoms with van der Waals surface area (Å²) < 4.78 is 0. The predicted octanol–water partition coefficient (Wildman–Crippen LogP) is 2.78. The molecule has 4 nitrogen and oxygen atoms in total. The average molecular weight is 304 g/mol. The molecule has 2 amide bonds. The zero-order chi connectivity index (χ0) is 16.7. The van der Waals surface area contributed by atoms with Crippen molar-refractivity contribution in [2.75, 3.05) is 5.32 Å². The van der Waals surface area contributed by atoms with Crippen LogP contribution in [0.2, 0.25) is 0 Å². The summed E-state index contributed by atoms with van der Waals surface area (Å²) in [7, 11) is 0. The van der Waals surface area contributed by atoms with Gasteiger partial charge in [-0.2, -0.15) is 0 Å². The molecule has 2 aromatic rings. The summed E-state index contributed by atoms with van der Waals surface area (Å²) in [6.07, 6.45) is 6.96. The Hall–Kier alpha value is -3.32. The van der Waals surface area contributed by atoms with Crippen molar-refractivity contribution in [3.8, 4) is 12.3 Å². The van der Waals surface area contributed by atoms with Gasteiger partial charge in [0.25, 0.3) is 5.91 Å². The third-order valence-corrected chi connectivity index (χ3v) is 2.95. The Labute approximate surface area is 135 Å². The van der Waals surface area contributed by atoms with Gasteiger partial charge in [0, 0.05) is 18.2 Å². The summed E-state index contributed by atoms with van der Waals surface area (Å²) in [6.45, 7) is 1.35. The van der Waals surface area contributed by atoms with Crippen LogP contribution < -0.4 is 10.6 Å². The number of terminal acetylenes is 1. The second-order valence-electron chi connectivity index (χ2n) is 4.83. The Bertz CT molecular complexity index is 787. The second-order valence-corrected chi connectivity index (χ2v) is 4.83. The van der Waals surface area contributed by atoms with Crippen LogP contribution in [0.15, 0.2) is 60.3 Å². The number of carbonyl (C=O) groups is 2. The van der Waals surface area contributed by atoms with Crippen LogP contribution in [0.5, 0.6) is 0 Å². The van der Waals surface area contributed by atoms with E-state index in [1.54, 1.807) is 30.3 Å². The molecule has 23 heavy (non-hydrogen) atoms. The molecule has 0 aromatic heterocycles. The van der Waals surface area contributed by atoms with Crippen molar-refractivity contribution in [2.45, 2.75) is 6.92 Å². The molecule has 0 saturated carbocycles. The Morgan fingerprint density at radius 3 is 2.48 bits per heavy atom. The summed E-state index contributed by atoms with van der Waals surface area (Å²) in [4.78, 5) is 23.7. The highest BCUT2D eigenvalue weighted by Gasteiger charge is 2.11. The molecule has 0 unspecified atom stereocenters. The first-order chi connectivity index (χ1) is 11.1. The van der Waals surface area contributed by atoms with E-state index in [0.29, 0.717) is 11.3 Å². The molecule has 2 N–H and O–H groups in total. The zero-order valence-electron chi connectivity index (χ0n) is 12.7. The van der Waals surface area contributed by atoms with E-state index in [1.807, 2.05) is 30.3 Å². The number of benzene rings is 2. The van der Waals surface area contributed by atoms with Gasteiger partial charge in [-0.3, -0.25) is 9.59 Å². The molecule has 4 heteroatoms. The Balaban J connectivity index is 2.25. The highest BCUT2D eigenvalue weighted by Crippen LogP contribution is 2.12. The largest absolute Gasteiger partial charge is 0.322 e. The predicted molar refractivity (Wildman–Crippen MR) is 91.2 cm³/mol. The van der Waals surface area contributed by atoms with E-state index < -0.39 is 5.91 Å². The van der Waals surface area contributed by atoms with E-state index in [-0.39, 0.29) is 11.6 Å². The van der Waals surface area contributed by atoms with E-state index in [9.17, 15) is 9.59 Å². The molecule has 0 heterocycles. The average Bonchev–Trinajstić information content (AvgIpc) is 2.55. The van der Waals surface area contributed by atoms with E-state index >= 15 is 0 Å². The first kappa shape index (κ1) is 16.1. The number of anilines is 1. The smallest absolute Gasteiger partial charge is 0.272 e. The van der Waals surface area contributed by atoms with Crippen molar-refractivity contribution in [2.24, 2.45) is 0 Å². The van der Waals surface area contributed by atoms with Gasteiger partial charge in [0.1, 0.15) is 5.70 Å². The van der Waals surface area contributed by atoms with Crippen LogP contribution in [0.25, 0.3) is 6.08 Å². The van der Waals surface area contributed by atoms with Crippen LogP contribution in [0.1, 0.15) is 18.1 Å². The maximum Gasteiger partial charge on any atom is 0.272 e. The minimum atomic E-state index is -0.418. The van der Waals surface area contributed by atoms with E-state index in [4.69, 9.17) is 6.42 Å². The first-order valence-electron chi connectivity index (χ1n) is 7.01. The van der Waals surface area contributed by atoms with Gasteiger partial charge in [0.2, 0.25) is 5.91 Å². The molecule has 0 atom stereocenters. The minimum absolute atomic E-state index is 0.162. The molecule has 0 fully saturated rings.